The summed E-state index contributed by atoms with van der Waals surface area (Å²) in [6.45, 7) is 0. The molecule has 0 aliphatic carbocycles. The van der Waals surface area contributed by atoms with Crippen LogP contribution >= 0.6 is 0 Å². The first kappa shape index (κ1) is 13.8. The molecule has 3 aromatic rings. The van der Waals surface area contributed by atoms with Crippen molar-refractivity contribution in [2.75, 3.05) is 0 Å². The van der Waals surface area contributed by atoms with Crippen LogP contribution in [0.2, 0.25) is 0 Å². The summed E-state index contributed by atoms with van der Waals surface area (Å²) in [6.07, 6.45) is 1.82. The molecular formula is C18H13NO3. The SMILES string of the molecule is O=[N+]([O-])c1ccc(C=C(c2ccccc2)c2ccccc2)o1. The standard InChI is InChI=1S/C18H13NO3/c20-19(21)18-12-11-16(22-18)13-17(14-7-3-1-4-8-14)15-9-5-2-6-10-15/h1-13H. The number of rotatable bonds is 4. The zero-order valence-electron chi connectivity index (χ0n) is 11.7. The van der Waals surface area contributed by atoms with E-state index >= 15 is 0 Å². The molecule has 0 aliphatic rings. The summed E-state index contributed by atoms with van der Waals surface area (Å²) in [6, 6.07) is 22.7. The fourth-order valence-corrected chi connectivity index (χ4v) is 2.23. The van der Waals surface area contributed by atoms with Crippen molar-refractivity contribution >= 4 is 17.5 Å². The van der Waals surface area contributed by atoms with Gasteiger partial charge in [-0.05, 0) is 28.8 Å². The van der Waals surface area contributed by atoms with E-state index in [0.717, 1.165) is 16.7 Å². The second kappa shape index (κ2) is 6.10. The molecule has 0 radical (unpaired) electrons. The van der Waals surface area contributed by atoms with Crippen LogP contribution in [0.15, 0.2) is 77.2 Å². The molecular weight excluding hydrogens is 278 g/mol. The Kier molecular flexibility index (Phi) is 3.83. The number of hydrogen-bond donors (Lipinski definition) is 0. The van der Waals surface area contributed by atoms with Crippen LogP contribution in [0, 0.1) is 10.1 Å². The fourth-order valence-electron chi connectivity index (χ4n) is 2.23. The molecule has 0 aliphatic heterocycles. The Balaban J connectivity index is 2.09. The highest BCUT2D eigenvalue weighted by Gasteiger charge is 2.12. The molecule has 0 fully saturated rings. The number of hydrogen-bond acceptors (Lipinski definition) is 3. The number of furan rings is 1. The summed E-state index contributed by atoms with van der Waals surface area (Å²) < 4.78 is 5.24. The smallest absolute Gasteiger partial charge is 0.401 e. The lowest BCUT2D eigenvalue weighted by Gasteiger charge is -2.07. The van der Waals surface area contributed by atoms with Gasteiger partial charge in [-0.25, -0.2) is 0 Å². The highest BCUT2D eigenvalue weighted by molar-refractivity contribution is 5.90. The lowest BCUT2D eigenvalue weighted by Crippen LogP contribution is -1.87. The molecule has 0 saturated carbocycles. The molecule has 2 aromatic carbocycles. The number of nitrogens with zero attached hydrogens (tertiary/aromatic N) is 1. The van der Waals surface area contributed by atoms with Gasteiger partial charge in [0.25, 0.3) is 0 Å². The second-order valence-corrected chi connectivity index (χ2v) is 4.72. The summed E-state index contributed by atoms with van der Waals surface area (Å²) in [4.78, 5) is 10.2. The van der Waals surface area contributed by atoms with E-state index in [0.29, 0.717) is 5.76 Å². The minimum absolute atomic E-state index is 0.258. The van der Waals surface area contributed by atoms with Crippen LogP contribution in [-0.4, -0.2) is 4.92 Å². The van der Waals surface area contributed by atoms with E-state index < -0.39 is 4.92 Å². The van der Waals surface area contributed by atoms with Crippen molar-refractivity contribution in [1.82, 2.24) is 0 Å². The van der Waals surface area contributed by atoms with Gasteiger partial charge in [0.1, 0.15) is 10.7 Å². The molecule has 108 valence electrons. The van der Waals surface area contributed by atoms with E-state index in [1.165, 1.54) is 6.07 Å². The first-order valence-electron chi connectivity index (χ1n) is 6.81. The van der Waals surface area contributed by atoms with Gasteiger partial charge < -0.3 is 4.42 Å². The van der Waals surface area contributed by atoms with Gasteiger partial charge >= 0.3 is 5.88 Å². The number of nitro groups is 1. The summed E-state index contributed by atoms with van der Waals surface area (Å²) in [7, 11) is 0. The van der Waals surface area contributed by atoms with Gasteiger partial charge in [-0.1, -0.05) is 60.7 Å². The van der Waals surface area contributed by atoms with Gasteiger partial charge in [0.2, 0.25) is 0 Å². The van der Waals surface area contributed by atoms with E-state index in [9.17, 15) is 10.1 Å². The summed E-state index contributed by atoms with van der Waals surface area (Å²) in [5, 5.41) is 10.7. The first-order chi connectivity index (χ1) is 10.7. The third-order valence-corrected chi connectivity index (χ3v) is 3.25. The van der Waals surface area contributed by atoms with Crippen molar-refractivity contribution in [2.45, 2.75) is 0 Å². The van der Waals surface area contributed by atoms with Gasteiger partial charge in [-0.2, -0.15) is 0 Å². The van der Waals surface area contributed by atoms with Crippen molar-refractivity contribution in [1.29, 1.82) is 0 Å². The maximum absolute atomic E-state index is 10.7. The second-order valence-electron chi connectivity index (χ2n) is 4.72. The van der Waals surface area contributed by atoms with E-state index in [1.807, 2.05) is 66.7 Å². The van der Waals surface area contributed by atoms with Crippen LogP contribution in [0.4, 0.5) is 5.88 Å². The summed E-state index contributed by atoms with van der Waals surface area (Å²) >= 11 is 0. The largest absolute Gasteiger partial charge is 0.433 e. The molecule has 0 amide bonds. The predicted octanol–water partition coefficient (Wildman–Crippen LogP) is 4.78. The number of benzene rings is 2. The van der Waals surface area contributed by atoms with Crippen LogP contribution in [0.5, 0.6) is 0 Å². The van der Waals surface area contributed by atoms with Gasteiger partial charge in [0.05, 0.1) is 6.07 Å². The fraction of sp³-hybridized carbons (Fsp3) is 0. The molecule has 0 saturated heterocycles. The third-order valence-electron chi connectivity index (χ3n) is 3.25. The van der Waals surface area contributed by atoms with Crippen molar-refractivity contribution < 1.29 is 9.34 Å². The highest BCUT2D eigenvalue weighted by Crippen LogP contribution is 2.27. The maximum Gasteiger partial charge on any atom is 0.433 e. The Hall–Kier alpha value is -3.14. The molecule has 0 spiro atoms. The molecule has 3 rings (SSSR count). The van der Waals surface area contributed by atoms with Crippen LogP contribution in [0.3, 0.4) is 0 Å². The van der Waals surface area contributed by atoms with Gasteiger partial charge in [-0.15, -0.1) is 0 Å². The van der Waals surface area contributed by atoms with E-state index in [1.54, 1.807) is 6.07 Å². The lowest BCUT2D eigenvalue weighted by atomic mass is 9.97. The minimum Gasteiger partial charge on any atom is -0.401 e. The average molecular weight is 291 g/mol. The van der Waals surface area contributed by atoms with Crippen molar-refractivity contribution in [3.8, 4) is 0 Å². The Morgan fingerprint density at radius 3 is 1.86 bits per heavy atom. The maximum atomic E-state index is 10.7. The van der Waals surface area contributed by atoms with E-state index in [-0.39, 0.29) is 5.88 Å². The molecule has 22 heavy (non-hydrogen) atoms. The van der Waals surface area contributed by atoms with Crippen LogP contribution < -0.4 is 0 Å². The molecule has 0 unspecified atom stereocenters. The molecule has 1 heterocycles. The van der Waals surface area contributed by atoms with E-state index in [4.69, 9.17) is 4.42 Å². The minimum atomic E-state index is -0.540. The Labute approximate surface area is 127 Å². The van der Waals surface area contributed by atoms with Crippen LogP contribution in [-0.2, 0) is 0 Å². The van der Waals surface area contributed by atoms with E-state index in [2.05, 4.69) is 0 Å². The average Bonchev–Trinajstić information content (AvgIpc) is 3.03. The Morgan fingerprint density at radius 1 is 0.864 bits per heavy atom. The zero-order chi connectivity index (χ0) is 15.4. The molecule has 4 heteroatoms. The topological polar surface area (TPSA) is 56.3 Å². The van der Waals surface area contributed by atoms with Crippen LogP contribution in [0.25, 0.3) is 11.6 Å². The monoisotopic (exact) mass is 291 g/mol. The highest BCUT2D eigenvalue weighted by atomic mass is 16.6. The molecule has 0 atom stereocenters. The quantitative estimate of drug-likeness (QED) is 0.513. The molecule has 1 aromatic heterocycles. The van der Waals surface area contributed by atoms with Crippen molar-refractivity contribution in [2.24, 2.45) is 0 Å². The van der Waals surface area contributed by atoms with Crippen molar-refractivity contribution in [3.05, 3.63) is 99.8 Å². The zero-order valence-corrected chi connectivity index (χ0v) is 11.7. The molecule has 0 bridgehead atoms. The predicted molar refractivity (Wildman–Crippen MR) is 85.2 cm³/mol. The van der Waals surface area contributed by atoms with Crippen molar-refractivity contribution in [3.63, 3.8) is 0 Å². The normalized spacial score (nSPS) is 10.2. The summed E-state index contributed by atoms with van der Waals surface area (Å²) in [5.41, 5.74) is 2.99. The summed E-state index contributed by atoms with van der Waals surface area (Å²) in [5.74, 6) is 0.195. The van der Waals surface area contributed by atoms with Gasteiger partial charge in [0, 0.05) is 0 Å². The molecule has 4 nitrogen and oxygen atoms in total. The Morgan fingerprint density at radius 2 is 1.41 bits per heavy atom. The van der Waals surface area contributed by atoms with Crippen LogP contribution in [0.1, 0.15) is 16.9 Å². The first-order valence-corrected chi connectivity index (χ1v) is 6.81. The third kappa shape index (κ3) is 2.96. The molecule has 0 N–H and O–H groups in total. The van der Waals surface area contributed by atoms with Gasteiger partial charge in [-0.3, -0.25) is 10.1 Å². The van der Waals surface area contributed by atoms with Gasteiger partial charge in [0.15, 0.2) is 0 Å². The Bertz CT molecular complexity index is 763. The lowest BCUT2D eigenvalue weighted by molar-refractivity contribution is -0.402.